The Hall–Kier alpha value is -0.0551. The number of hydrogen-bond donors (Lipinski definition) is 1. The Bertz CT molecular complexity index is 207. The summed E-state index contributed by atoms with van der Waals surface area (Å²) >= 11 is 0. The Balaban J connectivity index is 1.57. The van der Waals surface area contributed by atoms with Gasteiger partial charge >= 0.3 is 7.05 Å². The molecule has 1 N–H and O–H groups in total. The standard InChI is InChI=1S/C12H24BNO2/c1-13(15)14-8-7-12(14)10-16-9-11-5-3-2-4-6-11/h11-12,15H,2-10H2,1H3/t12-/m0/s1. The highest BCUT2D eigenvalue weighted by Gasteiger charge is 2.33. The molecule has 92 valence electrons. The third-order valence-corrected chi connectivity index (χ3v) is 4.06. The molecule has 0 aromatic rings. The normalized spacial score (nSPS) is 27.8. The highest BCUT2D eigenvalue weighted by atomic mass is 16.5. The van der Waals surface area contributed by atoms with E-state index in [-0.39, 0.29) is 7.05 Å². The van der Waals surface area contributed by atoms with Crippen molar-refractivity contribution in [2.75, 3.05) is 19.8 Å². The van der Waals surface area contributed by atoms with Crippen molar-refractivity contribution in [1.82, 2.24) is 4.81 Å². The van der Waals surface area contributed by atoms with Crippen LogP contribution in [0.3, 0.4) is 0 Å². The molecular weight excluding hydrogens is 201 g/mol. The first-order valence-corrected chi connectivity index (χ1v) is 6.79. The molecule has 4 heteroatoms. The van der Waals surface area contributed by atoms with Crippen LogP contribution in [0.15, 0.2) is 0 Å². The van der Waals surface area contributed by atoms with Crippen molar-refractivity contribution in [2.45, 2.75) is 51.4 Å². The summed E-state index contributed by atoms with van der Waals surface area (Å²) < 4.78 is 5.80. The second kappa shape index (κ2) is 6.03. The number of rotatable bonds is 5. The van der Waals surface area contributed by atoms with E-state index in [1.807, 2.05) is 6.82 Å². The lowest BCUT2D eigenvalue weighted by Gasteiger charge is -2.42. The summed E-state index contributed by atoms with van der Waals surface area (Å²) in [7, 11) is -0.308. The molecule has 0 aromatic heterocycles. The van der Waals surface area contributed by atoms with Crippen LogP contribution in [-0.4, -0.2) is 42.7 Å². The van der Waals surface area contributed by atoms with Crippen LogP contribution < -0.4 is 0 Å². The molecule has 1 aliphatic heterocycles. The zero-order valence-corrected chi connectivity index (χ0v) is 10.4. The second-order valence-corrected chi connectivity index (χ2v) is 5.35. The first-order valence-electron chi connectivity index (χ1n) is 6.79. The minimum Gasteiger partial charge on any atom is -0.437 e. The third-order valence-electron chi connectivity index (χ3n) is 4.06. The lowest BCUT2D eigenvalue weighted by molar-refractivity contribution is 0.0205. The van der Waals surface area contributed by atoms with E-state index >= 15 is 0 Å². The molecule has 0 spiro atoms. The van der Waals surface area contributed by atoms with Gasteiger partial charge in [0.2, 0.25) is 0 Å². The van der Waals surface area contributed by atoms with E-state index < -0.39 is 0 Å². The summed E-state index contributed by atoms with van der Waals surface area (Å²) in [6.07, 6.45) is 8.06. The summed E-state index contributed by atoms with van der Waals surface area (Å²) in [6.45, 7) is 4.61. The van der Waals surface area contributed by atoms with Crippen LogP contribution in [0.1, 0.15) is 38.5 Å². The molecule has 2 fully saturated rings. The average Bonchev–Trinajstić information content (AvgIpc) is 2.23. The molecule has 16 heavy (non-hydrogen) atoms. The molecule has 2 rings (SSSR count). The van der Waals surface area contributed by atoms with E-state index in [4.69, 9.17) is 4.74 Å². The van der Waals surface area contributed by atoms with Gasteiger partial charge in [-0.25, -0.2) is 0 Å². The van der Waals surface area contributed by atoms with E-state index in [2.05, 4.69) is 4.81 Å². The lowest BCUT2D eigenvalue weighted by atomic mass is 9.78. The minimum absolute atomic E-state index is 0.308. The Morgan fingerprint density at radius 3 is 2.50 bits per heavy atom. The molecule has 0 aromatic carbocycles. The zero-order chi connectivity index (χ0) is 11.4. The smallest absolute Gasteiger partial charge is 0.376 e. The van der Waals surface area contributed by atoms with Crippen LogP contribution in [0, 0.1) is 5.92 Å². The van der Waals surface area contributed by atoms with Gasteiger partial charge in [0.15, 0.2) is 0 Å². The predicted molar refractivity (Wildman–Crippen MR) is 66.3 cm³/mol. The van der Waals surface area contributed by atoms with Gasteiger partial charge in [-0.3, -0.25) is 0 Å². The molecule has 1 saturated heterocycles. The fourth-order valence-corrected chi connectivity index (χ4v) is 2.86. The third kappa shape index (κ3) is 3.22. The van der Waals surface area contributed by atoms with Crippen LogP contribution in [0.4, 0.5) is 0 Å². The molecule has 1 heterocycles. The quantitative estimate of drug-likeness (QED) is 0.724. The molecule has 1 saturated carbocycles. The summed E-state index contributed by atoms with van der Waals surface area (Å²) in [5, 5.41) is 9.46. The molecular formula is C12H24BNO2. The number of nitrogens with zero attached hydrogens (tertiary/aromatic N) is 1. The van der Waals surface area contributed by atoms with Crippen LogP contribution >= 0.6 is 0 Å². The maximum atomic E-state index is 9.46. The lowest BCUT2D eigenvalue weighted by Crippen LogP contribution is -2.56. The van der Waals surface area contributed by atoms with Gasteiger partial charge in [-0.2, -0.15) is 0 Å². The molecule has 1 aliphatic carbocycles. The van der Waals surface area contributed by atoms with E-state index in [1.54, 1.807) is 0 Å². The SMILES string of the molecule is CB(O)N1CC[C@H]1COCC1CCCCC1. The number of ether oxygens (including phenoxy) is 1. The Kier molecular flexibility index (Phi) is 4.68. The van der Waals surface area contributed by atoms with E-state index in [0.717, 1.165) is 25.7 Å². The van der Waals surface area contributed by atoms with Crippen LogP contribution in [0.5, 0.6) is 0 Å². The fraction of sp³-hybridized carbons (Fsp3) is 1.00. The fourth-order valence-electron chi connectivity index (χ4n) is 2.86. The summed E-state index contributed by atoms with van der Waals surface area (Å²) in [5.41, 5.74) is 0. The number of hydrogen-bond acceptors (Lipinski definition) is 3. The van der Waals surface area contributed by atoms with Crippen molar-refractivity contribution in [2.24, 2.45) is 5.92 Å². The monoisotopic (exact) mass is 225 g/mol. The van der Waals surface area contributed by atoms with Crippen LogP contribution in [-0.2, 0) is 4.74 Å². The van der Waals surface area contributed by atoms with Gasteiger partial charge in [0.1, 0.15) is 0 Å². The summed E-state index contributed by atoms with van der Waals surface area (Å²) in [6, 6.07) is 0.462. The second-order valence-electron chi connectivity index (χ2n) is 5.35. The molecule has 0 amide bonds. The van der Waals surface area contributed by atoms with E-state index in [1.165, 1.54) is 38.5 Å². The first kappa shape index (κ1) is 12.4. The zero-order valence-electron chi connectivity index (χ0n) is 10.4. The van der Waals surface area contributed by atoms with Crippen molar-refractivity contribution in [1.29, 1.82) is 0 Å². The van der Waals surface area contributed by atoms with Gasteiger partial charge in [-0.05, 0) is 38.5 Å². The van der Waals surface area contributed by atoms with Crippen LogP contribution in [0.2, 0.25) is 6.82 Å². The van der Waals surface area contributed by atoms with Gasteiger partial charge in [0.05, 0.1) is 6.61 Å². The molecule has 1 atom stereocenters. The van der Waals surface area contributed by atoms with Gasteiger partial charge in [0, 0.05) is 12.6 Å². The van der Waals surface area contributed by atoms with Crippen molar-refractivity contribution in [3.63, 3.8) is 0 Å². The Morgan fingerprint density at radius 2 is 1.94 bits per heavy atom. The van der Waals surface area contributed by atoms with E-state index in [0.29, 0.717) is 6.04 Å². The highest BCUT2D eigenvalue weighted by molar-refractivity contribution is 6.45. The Morgan fingerprint density at radius 1 is 1.19 bits per heavy atom. The maximum absolute atomic E-state index is 9.46. The molecule has 0 radical (unpaired) electrons. The van der Waals surface area contributed by atoms with Crippen molar-refractivity contribution in [3.8, 4) is 0 Å². The predicted octanol–water partition coefficient (Wildman–Crippen LogP) is 1.77. The summed E-state index contributed by atoms with van der Waals surface area (Å²) in [5.74, 6) is 0.800. The van der Waals surface area contributed by atoms with Crippen molar-refractivity contribution < 1.29 is 9.76 Å². The average molecular weight is 225 g/mol. The van der Waals surface area contributed by atoms with Gasteiger partial charge in [-0.1, -0.05) is 19.3 Å². The van der Waals surface area contributed by atoms with Crippen LogP contribution in [0.25, 0.3) is 0 Å². The molecule has 2 aliphatic rings. The van der Waals surface area contributed by atoms with Crippen molar-refractivity contribution >= 4 is 7.05 Å². The Labute approximate surface area is 99.3 Å². The van der Waals surface area contributed by atoms with E-state index in [9.17, 15) is 5.02 Å². The molecule has 0 unspecified atom stereocenters. The van der Waals surface area contributed by atoms with Gasteiger partial charge < -0.3 is 14.6 Å². The summed E-state index contributed by atoms with van der Waals surface area (Å²) in [4.78, 5) is 2.11. The largest absolute Gasteiger partial charge is 0.437 e. The maximum Gasteiger partial charge on any atom is 0.376 e. The highest BCUT2D eigenvalue weighted by Crippen LogP contribution is 2.24. The molecule has 0 bridgehead atoms. The van der Waals surface area contributed by atoms with Gasteiger partial charge in [-0.15, -0.1) is 0 Å². The topological polar surface area (TPSA) is 32.7 Å². The first-order chi connectivity index (χ1) is 7.77. The van der Waals surface area contributed by atoms with Crippen molar-refractivity contribution in [3.05, 3.63) is 0 Å². The molecule has 3 nitrogen and oxygen atoms in total. The minimum atomic E-state index is -0.308. The van der Waals surface area contributed by atoms with Gasteiger partial charge in [0.25, 0.3) is 0 Å².